The molecular formula is C27H32O10. The highest BCUT2D eigenvalue weighted by Gasteiger charge is 2.31. The highest BCUT2D eigenvalue weighted by molar-refractivity contribution is 5.74. The Balaban J connectivity index is 1.88. The van der Waals surface area contributed by atoms with Crippen LogP contribution in [0.5, 0.6) is 0 Å². The zero-order chi connectivity index (χ0) is 27.0. The molecule has 2 rings (SSSR count). The van der Waals surface area contributed by atoms with Crippen LogP contribution in [0.4, 0.5) is 9.59 Å². The zero-order valence-electron chi connectivity index (χ0n) is 20.9. The lowest BCUT2D eigenvalue weighted by atomic mass is 9.96. The number of esters is 1. The van der Waals surface area contributed by atoms with Crippen molar-refractivity contribution in [2.45, 2.75) is 65.1 Å². The van der Waals surface area contributed by atoms with Crippen molar-refractivity contribution in [3.05, 3.63) is 71.8 Å². The Bertz CT molecular complexity index is 993. The van der Waals surface area contributed by atoms with E-state index in [4.69, 9.17) is 28.8 Å². The van der Waals surface area contributed by atoms with E-state index in [-0.39, 0.29) is 26.1 Å². The Morgan fingerprint density at radius 3 is 1.76 bits per heavy atom. The van der Waals surface area contributed by atoms with Crippen LogP contribution in [0.3, 0.4) is 0 Å². The molecule has 0 aliphatic rings. The Hall–Kier alpha value is -4.08. The molecule has 2 aromatic carbocycles. The second kappa shape index (κ2) is 15.8. The fourth-order valence-corrected chi connectivity index (χ4v) is 3.33. The van der Waals surface area contributed by atoms with E-state index < -0.39 is 42.6 Å². The Labute approximate surface area is 215 Å². The van der Waals surface area contributed by atoms with E-state index in [2.05, 4.69) is 0 Å². The summed E-state index contributed by atoms with van der Waals surface area (Å²) in [4.78, 5) is 47.8. The average Bonchev–Trinajstić information content (AvgIpc) is 2.87. The molecule has 0 fully saturated rings. The van der Waals surface area contributed by atoms with E-state index >= 15 is 0 Å². The number of rotatable bonds is 14. The third-order valence-electron chi connectivity index (χ3n) is 5.25. The van der Waals surface area contributed by atoms with Crippen LogP contribution in [0.15, 0.2) is 60.7 Å². The molecule has 200 valence electrons. The van der Waals surface area contributed by atoms with Gasteiger partial charge < -0.3 is 28.8 Å². The molecule has 0 amide bonds. The molecule has 0 saturated carbocycles. The highest BCUT2D eigenvalue weighted by Crippen LogP contribution is 2.20. The fraction of sp³-hybridized carbons (Fsp3) is 0.407. The Morgan fingerprint density at radius 1 is 0.730 bits per heavy atom. The van der Waals surface area contributed by atoms with Gasteiger partial charge >= 0.3 is 24.2 Å². The predicted octanol–water partition coefficient (Wildman–Crippen LogP) is 5.23. The molecular weight excluding hydrogens is 484 g/mol. The molecule has 10 heteroatoms. The average molecular weight is 517 g/mol. The minimum absolute atomic E-state index is 0.00388. The van der Waals surface area contributed by atoms with E-state index in [0.29, 0.717) is 12.8 Å². The summed E-state index contributed by atoms with van der Waals surface area (Å²) in [5.41, 5.74) is 1.53. The predicted molar refractivity (Wildman–Crippen MR) is 130 cm³/mol. The van der Waals surface area contributed by atoms with Crippen molar-refractivity contribution in [2.24, 2.45) is 5.92 Å². The number of carboxylic acid groups (broad SMARTS) is 1. The summed E-state index contributed by atoms with van der Waals surface area (Å²) in [5.74, 6) is -2.67. The molecule has 3 unspecified atom stereocenters. The van der Waals surface area contributed by atoms with Crippen LogP contribution in [0.2, 0.25) is 0 Å². The maximum atomic E-state index is 12.8. The lowest BCUT2D eigenvalue weighted by Gasteiger charge is -2.24. The molecule has 10 nitrogen and oxygen atoms in total. The van der Waals surface area contributed by atoms with Crippen LogP contribution in [-0.2, 0) is 46.5 Å². The van der Waals surface area contributed by atoms with Gasteiger partial charge in [-0.3, -0.25) is 9.59 Å². The van der Waals surface area contributed by atoms with E-state index in [0.717, 1.165) is 11.1 Å². The first-order valence-corrected chi connectivity index (χ1v) is 11.9. The molecule has 1 N–H and O–H groups in total. The molecule has 37 heavy (non-hydrogen) atoms. The van der Waals surface area contributed by atoms with Crippen LogP contribution in [-0.4, -0.2) is 41.7 Å². The van der Waals surface area contributed by atoms with E-state index in [1.165, 1.54) is 13.8 Å². The van der Waals surface area contributed by atoms with Gasteiger partial charge in [-0.2, -0.15) is 0 Å². The molecule has 0 radical (unpaired) electrons. The minimum Gasteiger partial charge on any atom is -0.481 e. The molecule has 0 aliphatic heterocycles. The summed E-state index contributed by atoms with van der Waals surface area (Å²) in [5, 5.41) is 8.85. The minimum atomic E-state index is -1.27. The van der Waals surface area contributed by atoms with Gasteiger partial charge in [0.25, 0.3) is 0 Å². The molecule has 0 aliphatic carbocycles. The smallest absolute Gasteiger partial charge is 0.481 e. The Kier molecular flexibility index (Phi) is 12.5. The van der Waals surface area contributed by atoms with Crippen LogP contribution in [0, 0.1) is 5.92 Å². The van der Waals surface area contributed by atoms with E-state index in [1.807, 2.05) is 12.1 Å². The normalized spacial score (nSPS) is 12.9. The number of unbranched alkanes of at least 4 members (excludes halogenated alkanes) is 1. The van der Waals surface area contributed by atoms with Crippen LogP contribution >= 0.6 is 0 Å². The van der Waals surface area contributed by atoms with Crippen molar-refractivity contribution in [2.75, 3.05) is 0 Å². The number of carbonyl (C=O) groups is 4. The second-order valence-corrected chi connectivity index (χ2v) is 8.24. The number of hydrogen-bond acceptors (Lipinski definition) is 9. The van der Waals surface area contributed by atoms with Crippen LogP contribution in [0.1, 0.15) is 50.7 Å². The highest BCUT2D eigenvalue weighted by atomic mass is 16.8. The summed E-state index contributed by atoms with van der Waals surface area (Å²) in [6.45, 7) is 2.84. The molecule has 0 bridgehead atoms. The van der Waals surface area contributed by atoms with Crippen molar-refractivity contribution < 1.29 is 48.0 Å². The van der Waals surface area contributed by atoms with E-state index in [1.54, 1.807) is 48.5 Å². The van der Waals surface area contributed by atoms with Gasteiger partial charge in [-0.15, -0.1) is 0 Å². The molecule has 0 saturated heterocycles. The summed E-state index contributed by atoms with van der Waals surface area (Å²) >= 11 is 0. The number of ether oxygens (including phenoxy) is 5. The zero-order valence-corrected chi connectivity index (χ0v) is 20.9. The van der Waals surface area contributed by atoms with Gasteiger partial charge in [0.05, 0.1) is 5.92 Å². The van der Waals surface area contributed by atoms with Crippen molar-refractivity contribution in [1.29, 1.82) is 0 Å². The van der Waals surface area contributed by atoms with Gasteiger partial charge in [0.15, 0.2) is 0 Å². The van der Waals surface area contributed by atoms with Gasteiger partial charge in [0.2, 0.25) is 6.29 Å². The standard InChI is InChI=1S/C27H32O10/c1-19(35-26(31)33-17-21-11-5-3-6-12-21)23(15-9-10-16-24(28)29)25(30)36-20(2)37-27(32)34-18-22-13-7-4-8-14-22/h3-8,11-14,19-20,23H,9-10,15-18H2,1-2H3,(H,28,29). The summed E-state index contributed by atoms with van der Waals surface area (Å²) < 4.78 is 25.6. The first-order valence-electron chi connectivity index (χ1n) is 11.9. The lowest BCUT2D eigenvalue weighted by molar-refractivity contribution is -0.177. The molecule has 0 aromatic heterocycles. The van der Waals surface area contributed by atoms with Gasteiger partial charge in [-0.25, -0.2) is 9.59 Å². The lowest BCUT2D eigenvalue weighted by Crippen LogP contribution is -2.34. The maximum absolute atomic E-state index is 12.8. The molecule has 0 spiro atoms. The van der Waals surface area contributed by atoms with Crippen molar-refractivity contribution >= 4 is 24.2 Å². The summed E-state index contributed by atoms with van der Waals surface area (Å²) in [6, 6.07) is 18.0. The third-order valence-corrected chi connectivity index (χ3v) is 5.25. The maximum Gasteiger partial charge on any atom is 0.511 e. The number of hydrogen-bond donors (Lipinski definition) is 1. The SMILES string of the molecule is CC(OC(=O)OCc1ccccc1)OC(=O)C(CCCCC(=O)O)C(C)OC(=O)OCc1ccccc1. The second-order valence-electron chi connectivity index (χ2n) is 8.24. The van der Waals surface area contributed by atoms with Gasteiger partial charge in [0, 0.05) is 13.3 Å². The number of carboxylic acids is 1. The molecule has 2 aromatic rings. The monoisotopic (exact) mass is 516 g/mol. The topological polar surface area (TPSA) is 135 Å². The largest absolute Gasteiger partial charge is 0.511 e. The summed E-state index contributed by atoms with van der Waals surface area (Å²) in [7, 11) is 0. The van der Waals surface area contributed by atoms with E-state index in [9.17, 15) is 19.2 Å². The Morgan fingerprint density at radius 2 is 1.24 bits per heavy atom. The van der Waals surface area contributed by atoms with Crippen LogP contribution < -0.4 is 0 Å². The third kappa shape index (κ3) is 11.9. The molecule has 0 heterocycles. The van der Waals surface area contributed by atoms with Crippen molar-refractivity contribution in [3.8, 4) is 0 Å². The van der Waals surface area contributed by atoms with Gasteiger partial charge in [-0.05, 0) is 30.9 Å². The first kappa shape index (κ1) is 29.2. The van der Waals surface area contributed by atoms with Gasteiger partial charge in [-0.1, -0.05) is 67.1 Å². The first-order chi connectivity index (χ1) is 17.7. The summed E-state index contributed by atoms with van der Waals surface area (Å²) in [6.07, 6.45) is -3.39. The number of aliphatic carboxylic acids is 1. The number of carbonyl (C=O) groups excluding carboxylic acids is 3. The fourth-order valence-electron chi connectivity index (χ4n) is 3.33. The van der Waals surface area contributed by atoms with Crippen molar-refractivity contribution in [3.63, 3.8) is 0 Å². The number of benzene rings is 2. The van der Waals surface area contributed by atoms with Gasteiger partial charge in [0.1, 0.15) is 19.3 Å². The quantitative estimate of drug-likeness (QED) is 0.154. The molecule has 3 atom stereocenters. The van der Waals surface area contributed by atoms with Crippen molar-refractivity contribution in [1.82, 2.24) is 0 Å². The van der Waals surface area contributed by atoms with Crippen LogP contribution in [0.25, 0.3) is 0 Å².